The van der Waals surface area contributed by atoms with E-state index in [4.69, 9.17) is 0 Å². The fourth-order valence-corrected chi connectivity index (χ4v) is 2.37. The average molecular weight is 350 g/mol. The van der Waals surface area contributed by atoms with Gasteiger partial charge in [-0.15, -0.1) is 0 Å². The maximum absolute atomic E-state index is 12.0. The second kappa shape index (κ2) is 6.98. The number of halogens is 1. The summed E-state index contributed by atoms with van der Waals surface area (Å²) in [5.41, 5.74) is -0.341. The van der Waals surface area contributed by atoms with Gasteiger partial charge in [0.15, 0.2) is 0 Å². The molecular formula is C12H19IN2O2. The van der Waals surface area contributed by atoms with Gasteiger partial charge in [0.05, 0.1) is 3.57 Å². The molecule has 0 spiro atoms. The zero-order valence-electron chi connectivity index (χ0n) is 10.4. The summed E-state index contributed by atoms with van der Waals surface area (Å²) < 4.78 is 3.56. The predicted molar refractivity (Wildman–Crippen MR) is 77.5 cm³/mol. The van der Waals surface area contributed by atoms with Crippen LogP contribution in [0.1, 0.15) is 39.5 Å². The van der Waals surface area contributed by atoms with Crippen LogP contribution in [0.15, 0.2) is 15.8 Å². The largest absolute Gasteiger partial charge is 0.331 e. The van der Waals surface area contributed by atoms with Crippen LogP contribution in [0.4, 0.5) is 0 Å². The summed E-state index contributed by atoms with van der Waals surface area (Å²) in [6.45, 7) is 5.18. The van der Waals surface area contributed by atoms with Gasteiger partial charge in [-0.25, -0.2) is 4.79 Å². The first-order chi connectivity index (χ1) is 8.11. The first-order valence-electron chi connectivity index (χ1n) is 6.11. The quantitative estimate of drug-likeness (QED) is 0.583. The number of aryl methyl sites for hydroxylation is 1. The number of aromatic nitrogens is 2. The van der Waals surface area contributed by atoms with Gasteiger partial charge >= 0.3 is 5.69 Å². The Morgan fingerprint density at radius 1 is 1.18 bits per heavy atom. The Bertz CT molecular complexity index is 476. The van der Waals surface area contributed by atoms with Crippen LogP contribution >= 0.6 is 22.6 Å². The topological polar surface area (TPSA) is 44.0 Å². The van der Waals surface area contributed by atoms with Crippen LogP contribution in [-0.4, -0.2) is 9.13 Å². The zero-order valence-corrected chi connectivity index (χ0v) is 12.6. The molecular weight excluding hydrogens is 331 g/mol. The number of hydrogen-bond acceptors (Lipinski definition) is 2. The van der Waals surface area contributed by atoms with E-state index in [2.05, 4.69) is 6.92 Å². The van der Waals surface area contributed by atoms with Crippen molar-refractivity contribution in [2.24, 2.45) is 0 Å². The first kappa shape index (κ1) is 14.5. The lowest BCUT2D eigenvalue weighted by molar-refractivity contribution is 0.518. The lowest BCUT2D eigenvalue weighted by Crippen LogP contribution is -2.40. The van der Waals surface area contributed by atoms with E-state index in [-0.39, 0.29) is 11.2 Å². The van der Waals surface area contributed by atoms with Crippen molar-refractivity contribution in [3.8, 4) is 0 Å². The van der Waals surface area contributed by atoms with Gasteiger partial charge in [-0.3, -0.25) is 13.9 Å². The summed E-state index contributed by atoms with van der Waals surface area (Å²) in [4.78, 5) is 23.8. The molecule has 4 nitrogen and oxygen atoms in total. The maximum atomic E-state index is 12.0. The minimum atomic E-state index is -0.186. The molecule has 0 fully saturated rings. The molecule has 1 heterocycles. The van der Waals surface area contributed by atoms with Crippen molar-refractivity contribution >= 4 is 22.6 Å². The smallest absolute Gasteiger partial charge is 0.300 e. The van der Waals surface area contributed by atoms with Gasteiger partial charge in [0.25, 0.3) is 5.56 Å². The van der Waals surface area contributed by atoms with E-state index in [1.807, 2.05) is 29.5 Å². The number of rotatable bonds is 6. The van der Waals surface area contributed by atoms with Crippen LogP contribution in [0.2, 0.25) is 0 Å². The Kier molecular flexibility index (Phi) is 5.94. The fraction of sp³-hybridized carbons (Fsp3) is 0.667. The van der Waals surface area contributed by atoms with E-state index >= 15 is 0 Å². The highest BCUT2D eigenvalue weighted by Gasteiger charge is 2.08. The Morgan fingerprint density at radius 3 is 2.47 bits per heavy atom. The minimum Gasteiger partial charge on any atom is -0.300 e. The second-order valence-corrected chi connectivity index (χ2v) is 5.23. The Balaban J connectivity index is 2.94. The maximum Gasteiger partial charge on any atom is 0.331 e. The third-order valence-electron chi connectivity index (χ3n) is 2.77. The number of unbranched alkanes of at least 4 members (excludes halogenated alkanes) is 3. The minimum absolute atomic E-state index is 0.156. The molecule has 0 aromatic carbocycles. The second-order valence-electron chi connectivity index (χ2n) is 4.06. The molecule has 0 unspecified atom stereocenters. The highest BCUT2D eigenvalue weighted by atomic mass is 127. The van der Waals surface area contributed by atoms with E-state index in [0.29, 0.717) is 16.7 Å². The number of nitrogens with zero attached hydrogens (tertiary/aromatic N) is 2. The molecule has 0 atom stereocenters. The van der Waals surface area contributed by atoms with Crippen LogP contribution in [-0.2, 0) is 13.1 Å². The van der Waals surface area contributed by atoms with Crippen molar-refractivity contribution in [3.63, 3.8) is 0 Å². The molecule has 0 aliphatic rings. The van der Waals surface area contributed by atoms with Gasteiger partial charge in [-0.05, 0) is 35.9 Å². The van der Waals surface area contributed by atoms with Gasteiger partial charge in [0.2, 0.25) is 0 Å². The van der Waals surface area contributed by atoms with Crippen LogP contribution in [0.3, 0.4) is 0 Å². The molecule has 0 saturated carbocycles. The Morgan fingerprint density at radius 2 is 1.88 bits per heavy atom. The molecule has 96 valence electrons. The summed E-state index contributed by atoms with van der Waals surface area (Å²) in [5.74, 6) is 0. The van der Waals surface area contributed by atoms with Gasteiger partial charge in [0, 0.05) is 19.3 Å². The van der Waals surface area contributed by atoms with E-state index in [1.165, 1.54) is 4.57 Å². The van der Waals surface area contributed by atoms with Crippen LogP contribution in [0.5, 0.6) is 0 Å². The predicted octanol–water partition coefficient (Wildman–Crippen LogP) is 2.21. The van der Waals surface area contributed by atoms with Crippen molar-refractivity contribution in [1.82, 2.24) is 9.13 Å². The monoisotopic (exact) mass is 350 g/mol. The molecule has 0 aliphatic heterocycles. The zero-order chi connectivity index (χ0) is 12.8. The van der Waals surface area contributed by atoms with E-state index in [9.17, 15) is 9.59 Å². The molecule has 0 radical (unpaired) electrons. The number of hydrogen-bond donors (Lipinski definition) is 0. The van der Waals surface area contributed by atoms with E-state index in [0.717, 1.165) is 25.7 Å². The van der Waals surface area contributed by atoms with Crippen LogP contribution in [0, 0.1) is 3.57 Å². The lowest BCUT2D eigenvalue weighted by atomic mass is 10.2. The van der Waals surface area contributed by atoms with Crippen molar-refractivity contribution < 1.29 is 0 Å². The Hall–Kier alpha value is -0.590. The van der Waals surface area contributed by atoms with Gasteiger partial charge in [-0.1, -0.05) is 26.2 Å². The molecule has 0 bridgehead atoms. The molecule has 0 aliphatic carbocycles. The fourth-order valence-electron chi connectivity index (χ4n) is 1.74. The van der Waals surface area contributed by atoms with Crippen LogP contribution < -0.4 is 11.2 Å². The van der Waals surface area contributed by atoms with Crippen molar-refractivity contribution in [2.75, 3.05) is 0 Å². The standard InChI is InChI=1S/C12H19IN2O2/c1-3-5-6-7-8-15-11(16)10(13)9-14(4-2)12(15)17/h9H,3-8H2,1-2H3. The molecule has 0 saturated heterocycles. The van der Waals surface area contributed by atoms with Crippen LogP contribution in [0.25, 0.3) is 0 Å². The summed E-state index contributed by atoms with van der Waals surface area (Å²) in [7, 11) is 0. The molecule has 5 heteroatoms. The Labute approximate surface area is 115 Å². The average Bonchev–Trinajstić information content (AvgIpc) is 2.33. The summed E-state index contributed by atoms with van der Waals surface area (Å²) in [6, 6.07) is 0. The van der Waals surface area contributed by atoms with Crippen molar-refractivity contribution in [2.45, 2.75) is 52.6 Å². The SMILES string of the molecule is CCCCCCn1c(=O)c(I)cn(CC)c1=O. The first-order valence-corrected chi connectivity index (χ1v) is 7.19. The molecule has 1 aromatic heterocycles. The third kappa shape index (κ3) is 3.69. The normalized spacial score (nSPS) is 10.8. The summed E-state index contributed by atoms with van der Waals surface area (Å²) in [5, 5.41) is 0. The molecule has 0 amide bonds. The van der Waals surface area contributed by atoms with Gasteiger partial charge in [-0.2, -0.15) is 0 Å². The molecule has 17 heavy (non-hydrogen) atoms. The van der Waals surface area contributed by atoms with Crippen molar-refractivity contribution in [1.29, 1.82) is 0 Å². The summed E-state index contributed by atoms with van der Waals surface area (Å²) >= 11 is 1.99. The third-order valence-corrected chi connectivity index (χ3v) is 3.51. The van der Waals surface area contributed by atoms with E-state index < -0.39 is 0 Å². The molecule has 1 rings (SSSR count). The summed E-state index contributed by atoms with van der Waals surface area (Å²) in [6.07, 6.45) is 5.90. The van der Waals surface area contributed by atoms with Gasteiger partial charge < -0.3 is 0 Å². The highest BCUT2D eigenvalue weighted by Crippen LogP contribution is 2.00. The van der Waals surface area contributed by atoms with E-state index in [1.54, 1.807) is 10.8 Å². The highest BCUT2D eigenvalue weighted by molar-refractivity contribution is 14.1. The molecule has 0 N–H and O–H groups in total. The lowest BCUT2D eigenvalue weighted by Gasteiger charge is -2.09. The van der Waals surface area contributed by atoms with Gasteiger partial charge in [0.1, 0.15) is 0 Å². The van der Waals surface area contributed by atoms with Crippen molar-refractivity contribution in [3.05, 3.63) is 30.6 Å². The molecule has 1 aromatic rings.